The average molecular weight is 346 g/mol. The maximum Gasteiger partial charge on any atom is 0.171 e. The summed E-state index contributed by atoms with van der Waals surface area (Å²) in [7, 11) is 0. The van der Waals surface area contributed by atoms with Gasteiger partial charge in [0.05, 0.1) is 0 Å². The number of anilines is 1. The second-order valence-electron chi connectivity index (χ2n) is 6.11. The highest BCUT2D eigenvalue weighted by atomic mass is 32.1. The zero-order valence-electron chi connectivity index (χ0n) is 14.3. The molecule has 25 heavy (non-hydrogen) atoms. The molecule has 0 aliphatic rings. The Kier molecular flexibility index (Phi) is 5.81. The van der Waals surface area contributed by atoms with Gasteiger partial charge in [0.1, 0.15) is 0 Å². The minimum Gasteiger partial charge on any atom is -0.358 e. The Morgan fingerprint density at radius 3 is 2.24 bits per heavy atom. The number of benzene rings is 3. The minimum absolute atomic E-state index is 0.640. The summed E-state index contributed by atoms with van der Waals surface area (Å²) >= 11 is 5.46. The fourth-order valence-electron chi connectivity index (χ4n) is 2.67. The SMILES string of the molecule is Cc1ccc(CNC(=S)Nc2ccccc2Cc2ccccc2)cc1. The van der Waals surface area contributed by atoms with Crippen molar-refractivity contribution < 1.29 is 0 Å². The molecule has 0 aliphatic heterocycles. The van der Waals surface area contributed by atoms with Crippen molar-refractivity contribution in [3.8, 4) is 0 Å². The Hall–Kier alpha value is -2.65. The van der Waals surface area contributed by atoms with Crippen molar-refractivity contribution in [2.45, 2.75) is 19.9 Å². The Morgan fingerprint density at radius 2 is 1.48 bits per heavy atom. The number of rotatable bonds is 5. The topological polar surface area (TPSA) is 24.1 Å². The van der Waals surface area contributed by atoms with E-state index in [0.717, 1.165) is 12.1 Å². The predicted molar refractivity (Wildman–Crippen MR) is 110 cm³/mol. The molecule has 3 aromatic carbocycles. The standard InChI is InChI=1S/C22H22N2S/c1-17-11-13-19(14-12-17)16-23-22(25)24-21-10-6-5-9-20(21)15-18-7-3-2-4-8-18/h2-14H,15-16H2,1H3,(H2,23,24,25). The first kappa shape index (κ1) is 17.2. The van der Waals surface area contributed by atoms with Crippen molar-refractivity contribution >= 4 is 23.0 Å². The van der Waals surface area contributed by atoms with Crippen molar-refractivity contribution in [3.05, 3.63) is 101 Å². The summed E-state index contributed by atoms with van der Waals surface area (Å²) in [5.41, 5.74) is 6.04. The summed E-state index contributed by atoms with van der Waals surface area (Å²) < 4.78 is 0. The lowest BCUT2D eigenvalue weighted by atomic mass is 10.0. The molecule has 0 heterocycles. The quantitative estimate of drug-likeness (QED) is 0.631. The van der Waals surface area contributed by atoms with Crippen molar-refractivity contribution in [2.24, 2.45) is 0 Å². The molecule has 0 aliphatic carbocycles. The van der Waals surface area contributed by atoms with Gasteiger partial charge in [0, 0.05) is 12.2 Å². The number of thiocarbonyl (C=S) groups is 1. The highest BCUT2D eigenvalue weighted by Crippen LogP contribution is 2.19. The van der Waals surface area contributed by atoms with E-state index in [0.29, 0.717) is 11.7 Å². The van der Waals surface area contributed by atoms with E-state index in [2.05, 4.69) is 84.3 Å². The molecule has 2 nitrogen and oxygen atoms in total. The number of nitrogens with one attached hydrogen (secondary N) is 2. The van der Waals surface area contributed by atoms with Gasteiger partial charge in [-0.3, -0.25) is 0 Å². The second kappa shape index (κ2) is 8.45. The van der Waals surface area contributed by atoms with Crippen LogP contribution in [0.25, 0.3) is 0 Å². The van der Waals surface area contributed by atoms with E-state index in [-0.39, 0.29) is 0 Å². The van der Waals surface area contributed by atoms with E-state index >= 15 is 0 Å². The van der Waals surface area contributed by atoms with Gasteiger partial charge in [-0.25, -0.2) is 0 Å². The van der Waals surface area contributed by atoms with E-state index < -0.39 is 0 Å². The van der Waals surface area contributed by atoms with E-state index in [9.17, 15) is 0 Å². The van der Waals surface area contributed by atoms with Crippen LogP contribution >= 0.6 is 12.2 Å². The van der Waals surface area contributed by atoms with Crippen LogP contribution in [0.15, 0.2) is 78.9 Å². The van der Waals surface area contributed by atoms with E-state index in [4.69, 9.17) is 12.2 Å². The van der Waals surface area contributed by atoms with Gasteiger partial charge in [-0.1, -0.05) is 78.4 Å². The zero-order chi connectivity index (χ0) is 17.5. The molecule has 0 amide bonds. The molecule has 0 atom stereocenters. The lowest BCUT2D eigenvalue weighted by Crippen LogP contribution is -2.28. The van der Waals surface area contributed by atoms with Gasteiger partial charge in [-0.2, -0.15) is 0 Å². The van der Waals surface area contributed by atoms with Gasteiger partial charge in [0.2, 0.25) is 0 Å². The van der Waals surface area contributed by atoms with Gasteiger partial charge >= 0.3 is 0 Å². The Balaban J connectivity index is 1.62. The van der Waals surface area contributed by atoms with Crippen LogP contribution in [0.4, 0.5) is 5.69 Å². The molecule has 3 rings (SSSR count). The summed E-state index contributed by atoms with van der Waals surface area (Å²) in [6.07, 6.45) is 0.880. The summed E-state index contributed by atoms with van der Waals surface area (Å²) in [4.78, 5) is 0. The number of para-hydroxylation sites is 1. The first-order valence-corrected chi connectivity index (χ1v) is 8.84. The zero-order valence-corrected chi connectivity index (χ0v) is 15.1. The van der Waals surface area contributed by atoms with E-state index in [1.54, 1.807) is 0 Å². The predicted octanol–water partition coefficient (Wildman–Crippen LogP) is 5.07. The fourth-order valence-corrected chi connectivity index (χ4v) is 2.85. The first-order chi connectivity index (χ1) is 12.2. The number of aryl methyl sites for hydroxylation is 1. The molecular weight excluding hydrogens is 324 g/mol. The van der Waals surface area contributed by atoms with Crippen LogP contribution in [0.3, 0.4) is 0 Å². The molecule has 0 aromatic heterocycles. The highest BCUT2D eigenvalue weighted by Gasteiger charge is 2.05. The Bertz CT molecular complexity index is 826. The van der Waals surface area contributed by atoms with Gasteiger partial charge < -0.3 is 10.6 Å². The smallest absolute Gasteiger partial charge is 0.171 e. The summed E-state index contributed by atoms with van der Waals surface area (Å²) in [6.45, 7) is 2.81. The Labute approximate surface area is 154 Å². The maximum atomic E-state index is 5.46. The van der Waals surface area contributed by atoms with Crippen LogP contribution in [0, 0.1) is 6.92 Å². The van der Waals surface area contributed by atoms with Gasteiger partial charge in [0.25, 0.3) is 0 Å². The monoisotopic (exact) mass is 346 g/mol. The van der Waals surface area contributed by atoms with Crippen molar-refractivity contribution in [2.75, 3.05) is 5.32 Å². The van der Waals surface area contributed by atoms with Gasteiger partial charge in [0.15, 0.2) is 5.11 Å². The number of hydrogen-bond acceptors (Lipinski definition) is 1. The molecule has 0 fully saturated rings. The van der Waals surface area contributed by atoms with Crippen LogP contribution in [0.1, 0.15) is 22.3 Å². The van der Waals surface area contributed by atoms with E-state index in [1.165, 1.54) is 22.3 Å². The normalized spacial score (nSPS) is 10.3. The average Bonchev–Trinajstić information content (AvgIpc) is 2.64. The van der Waals surface area contributed by atoms with Crippen LogP contribution in [0.5, 0.6) is 0 Å². The van der Waals surface area contributed by atoms with Gasteiger partial charge in [-0.05, 0) is 48.3 Å². The highest BCUT2D eigenvalue weighted by molar-refractivity contribution is 7.80. The molecule has 126 valence electrons. The second-order valence-corrected chi connectivity index (χ2v) is 6.52. The third kappa shape index (κ3) is 5.16. The van der Waals surface area contributed by atoms with Crippen molar-refractivity contribution in [1.82, 2.24) is 5.32 Å². The Morgan fingerprint density at radius 1 is 0.800 bits per heavy atom. The summed E-state index contributed by atoms with van der Waals surface area (Å²) in [5, 5.41) is 7.25. The fraction of sp³-hybridized carbons (Fsp3) is 0.136. The largest absolute Gasteiger partial charge is 0.358 e. The maximum absolute atomic E-state index is 5.46. The molecule has 0 saturated heterocycles. The minimum atomic E-state index is 0.640. The van der Waals surface area contributed by atoms with Crippen molar-refractivity contribution in [3.63, 3.8) is 0 Å². The van der Waals surface area contributed by atoms with Crippen LogP contribution in [0.2, 0.25) is 0 Å². The van der Waals surface area contributed by atoms with E-state index in [1.807, 2.05) is 12.1 Å². The van der Waals surface area contributed by atoms with Gasteiger partial charge in [-0.15, -0.1) is 0 Å². The van der Waals surface area contributed by atoms with Crippen LogP contribution in [-0.2, 0) is 13.0 Å². The molecule has 2 N–H and O–H groups in total. The molecule has 0 spiro atoms. The lowest BCUT2D eigenvalue weighted by Gasteiger charge is -2.14. The summed E-state index contributed by atoms with van der Waals surface area (Å²) in [6, 6.07) is 27.2. The molecule has 0 bridgehead atoms. The molecule has 0 radical (unpaired) electrons. The molecule has 3 aromatic rings. The summed E-state index contributed by atoms with van der Waals surface area (Å²) in [5.74, 6) is 0. The molecular formula is C22H22N2S. The molecule has 3 heteroatoms. The number of hydrogen-bond donors (Lipinski definition) is 2. The lowest BCUT2D eigenvalue weighted by molar-refractivity contribution is 0.924. The molecule has 0 unspecified atom stereocenters. The molecule has 0 saturated carbocycles. The van der Waals surface area contributed by atoms with Crippen molar-refractivity contribution in [1.29, 1.82) is 0 Å². The third-order valence-electron chi connectivity index (χ3n) is 4.08. The first-order valence-electron chi connectivity index (χ1n) is 8.43. The van der Waals surface area contributed by atoms with Crippen LogP contribution < -0.4 is 10.6 Å². The third-order valence-corrected chi connectivity index (χ3v) is 4.32. The van der Waals surface area contributed by atoms with Crippen LogP contribution in [-0.4, -0.2) is 5.11 Å².